The van der Waals surface area contributed by atoms with E-state index in [0.29, 0.717) is 13.5 Å². The van der Waals surface area contributed by atoms with E-state index < -0.39 is 0 Å². The van der Waals surface area contributed by atoms with Crippen molar-refractivity contribution in [3.8, 4) is 0 Å². The number of aromatic nitrogens is 1. The number of hydrogen-bond acceptors (Lipinski definition) is 5. The first-order valence-corrected chi connectivity index (χ1v) is 6.40. The minimum atomic E-state index is -0.154. The van der Waals surface area contributed by atoms with Crippen molar-refractivity contribution < 1.29 is 9.47 Å². The SMILES string of the molecule is COCN1COC2(CCNCC2)c2cccnc21. The number of rotatable bonds is 2. The van der Waals surface area contributed by atoms with Crippen LogP contribution in [0.2, 0.25) is 0 Å². The molecule has 5 heteroatoms. The molecule has 2 aliphatic heterocycles. The van der Waals surface area contributed by atoms with E-state index in [2.05, 4.69) is 16.4 Å². The van der Waals surface area contributed by atoms with Gasteiger partial charge in [0.05, 0.1) is 0 Å². The Kier molecular flexibility index (Phi) is 3.20. The van der Waals surface area contributed by atoms with E-state index in [4.69, 9.17) is 9.47 Å². The van der Waals surface area contributed by atoms with Gasteiger partial charge >= 0.3 is 0 Å². The van der Waals surface area contributed by atoms with Crippen LogP contribution in [0.4, 0.5) is 5.82 Å². The standard InChI is InChI=1S/C13H19N3O2/c1-17-9-16-10-18-13(4-7-14-8-5-13)11-3-2-6-15-12(11)16/h2-3,6,14H,4-5,7-10H2,1H3. The maximum Gasteiger partial charge on any atom is 0.138 e. The second-order valence-electron chi connectivity index (χ2n) is 4.85. The number of piperidine rings is 1. The summed E-state index contributed by atoms with van der Waals surface area (Å²) in [5.41, 5.74) is 1.05. The lowest BCUT2D eigenvalue weighted by Crippen LogP contribution is -2.49. The van der Waals surface area contributed by atoms with E-state index in [1.54, 1.807) is 7.11 Å². The van der Waals surface area contributed by atoms with Crippen LogP contribution in [0.5, 0.6) is 0 Å². The van der Waals surface area contributed by atoms with Gasteiger partial charge in [-0.25, -0.2) is 4.98 Å². The van der Waals surface area contributed by atoms with Gasteiger partial charge in [0, 0.05) is 18.9 Å². The van der Waals surface area contributed by atoms with Gasteiger partial charge in [-0.3, -0.25) is 0 Å². The fraction of sp³-hybridized carbons (Fsp3) is 0.615. The lowest BCUT2D eigenvalue weighted by atomic mass is 9.84. The molecule has 0 saturated carbocycles. The highest BCUT2D eigenvalue weighted by Crippen LogP contribution is 2.42. The van der Waals surface area contributed by atoms with Crippen molar-refractivity contribution in [1.82, 2.24) is 10.3 Å². The summed E-state index contributed by atoms with van der Waals surface area (Å²) in [7, 11) is 1.69. The molecule has 1 N–H and O–H groups in total. The molecular weight excluding hydrogens is 230 g/mol. The largest absolute Gasteiger partial charge is 0.364 e. The molecular formula is C13H19N3O2. The van der Waals surface area contributed by atoms with Crippen molar-refractivity contribution in [3.63, 3.8) is 0 Å². The third-order valence-electron chi connectivity index (χ3n) is 3.77. The second kappa shape index (κ2) is 4.84. The van der Waals surface area contributed by atoms with Gasteiger partial charge in [0.2, 0.25) is 0 Å². The van der Waals surface area contributed by atoms with Crippen LogP contribution in [0.25, 0.3) is 0 Å². The van der Waals surface area contributed by atoms with E-state index in [1.807, 2.05) is 17.2 Å². The number of nitrogens with one attached hydrogen (secondary N) is 1. The van der Waals surface area contributed by atoms with Crippen LogP contribution in [0.1, 0.15) is 18.4 Å². The average molecular weight is 249 g/mol. The molecule has 1 aromatic heterocycles. The molecule has 0 aromatic carbocycles. The first-order chi connectivity index (χ1) is 8.86. The fourth-order valence-corrected chi connectivity index (χ4v) is 2.84. The van der Waals surface area contributed by atoms with Crippen molar-refractivity contribution in [2.75, 3.05) is 38.6 Å². The molecule has 98 valence electrons. The summed E-state index contributed by atoms with van der Waals surface area (Å²) in [6.07, 6.45) is 3.85. The molecule has 0 aliphatic carbocycles. The predicted molar refractivity (Wildman–Crippen MR) is 68.3 cm³/mol. The van der Waals surface area contributed by atoms with Crippen LogP contribution in [0.3, 0.4) is 0 Å². The molecule has 0 bridgehead atoms. The summed E-state index contributed by atoms with van der Waals surface area (Å²) < 4.78 is 11.4. The molecule has 3 rings (SSSR count). The summed E-state index contributed by atoms with van der Waals surface area (Å²) in [5, 5.41) is 3.38. The van der Waals surface area contributed by atoms with Gasteiger partial charge < -0.3 is 19.7 Å². The summed E-state index contributed by atoms with van der Waals surface area (Å²) in [4.78, 5) is 6.54. The topological polar surface area (TPSA) is 46.6 Å². The Morgan fingerprint density at radius 1 is 1.50 bits per heavy atom. The lowest BCUT2D eigenvalue weighted by molar-refractivity contribution is -0.0841. The number of pyridine rings is 1. The van der Waals surface area contributed by atoms with Gasteiger partial charge in [-0.2, -0.15) is 0 Å². The van der Waals surface area contributed by atoms with Gasteiger partial charge in [0.25, 0.3) is 0 Å². The number of hydrogen-bond donors (Lipinski definition) is 1. The van der Waals surface area contributed by atoms with Crippen molar-refractivity contribution in [3.05, 3.63) is 23.9 Å². The lowest BCUT2D eigenvalue weighted by Gasteiger charge is -2.45. The Morgan fingerprint density at radius 2 is 2.33 bits per heavy atom. The fourth-order valence-electron chi connectivity index (χ4n) is 2.84. The van der Waals surface area contributed by atoms with Gasteiger partial charge in [0.1, 0.15) is 24.9 Å². The first kappa shape index (κ1) is 11.9. The second-order valence-corrected chi connectivity index (χ2v) is 4.85. The molecule has 0 radical (unpaired) electrons. The molecule has 1 aromatic rings. The Bertz CT molecular complexity index is 418. The highest BCUT2D eigenvalue weighted by atomic mass is 16.5. The zero-order chi connectivity index (χ0) is 12.4. The Hall–Kier alpha value is -1.17. The van der Waals surface area contributed by atoms with Crippen LogP contribution in [-0.2, 0) is 15.1 Å². The van der Waals surface area contributed by atoms with Gasteiger partial charge in [-0.1, -0.05) is 6.07 Å². The molecule has 0 atom stereocenters. The summed E-state index contributed by atoms with van der Waals surface area (Å²) in [6.45, 7) is 3.06. The van der Waals surface area contributed by atoms with Crippen molar-refractivity contribution in [2.45, 2.75) is 18.4 Å². The van der Waals surface area contributed by atoms with E-state index in [0.717, 1.165) is 31.7 Å². The van der Waals surface area contributed by atoms with Crippen LogP contribution >= 0.6 is 0 Å². The first-order valence-electron chi connectivity index (χ1n) is 6.40. The van der Waals surface area contributed by atoms with Crippen molar-refractivity contribution in [1.29, 1.82) is 0 Å². The number of methoxy groups -OCH3 is 1. The summed E-state index contributed by atoms with van der Waals surface area (Å²) in [5.74, 6) is 1.01. The maximum atomic E-state index is 6.16. The highest BCUT2D eigenvalue weighted by Gasteiger charge is 2.41. The quantitative estimate of drug-likeness (QED) is 0.849. The molecule has 1 spiro atoms. The zero-order valence-electron chi connectivity index (χ0n) is 10.7. The number of nitrogens with zero attached hydrogens (tertiary/aromatic N) is 2. The summed E-state index contributed by atoms with van der Waals surface area (Å²) in [6, 6.07) is 4.12. The third kappa shape index (κ3) is 1.88. The van der Waals surface area contributed by atoms with E-state index >= 15 is 0 Å². The molecule has 3 heterocycles. The molecule has 5 nitrogen and oxygen atoms in total. The normalized spacial score (nSPS) is 21.9. The van der Waals surface area contributed by atoms with Crippen LogP contribution in [0, 0.1) is 0 Å². The number of anilines is 1. The minimum Gasteiger partial charge on any atom is -0.364 e. The van der Waals surface area contributed by atoms with Crippen molar-refractivity contribution >= 4 is 5.82 Å². The molecule has 2 aliphatic rings. The Morgan fingerprint density at radius 3 is 3.11 bits per heavy atom. The van der Waals surface area contributed by atoms with Crippen molar-refractivity contribution in [2.24, 2.45) is 0 Å². The Balaban J connectivity index is 1.98. The van der Waals surface area contributed by atoms with Gasteiger partial charge in [-0.05, 0) is 32.0 Å². The van der Waals surface area contributed by atoms with E-state index in [-0.39, 0.29) is 5.60 Å². The molecule has 0 amide bonds. The van der Waals surface area contributed by atoms with E-state index in [1.165, 1.54) is 5.56 Å². The van der Waals surface area contributed by atoms with Crippen LogP contribution < -0.4 is 10.2 Å². The molecule has 18 heavy (non-hydrogen) atoms. The monoisotopic (exact) mass is 249 g/mol. The minimum absolute atomic E-state index is 0.154. The molecule has 1 fully saturated rings. The molecule has 0 unspecified atom stereocenters. The molecule has 1 saturated heterocycles. The maximum absolute atomic E-state index is 6.16. The zero-order valence-corrected chi connectivity index (χ0v) is 10.7. The number of fused-ring (bicyclic) bond motifs is 2. The van der Waals surface area contributed by atoms with Gasteiger partial charge in [-0.15, -0.1) is 0 Å². The van der Waals surface area contributed by atoms with Crippen LogP contribution in [-0.4, -0.2) is 38.6 Å². The predicted octanol–water partition coefficient (Wildman–Crippen LogP) is 1.06. The highest BCUT2D eigenvalue weighted by molar-refractivity contribution is 5.51. The summed E-state index contributed by atoms with van der Waals surface area (Å²) >= 11 is 0. The smallest absolute Gasteiger partial charge is 0.138 e. The van der Waals surface area contributed by atoms with Crippen LogP contribution in [0.15, 0.2) is 18.3 Å². The average Bonchev–Trinajstić information content (AvgIpc) is 2.44. The Labute approximate surface area is 107 Å². The van der Waals surface area contributed by atoms with Gasteiger partial charge in [0.15, 0.2) is 0 Å². The third-order valence-corrected chi connectivity index (χ3v) is 3.77. The number of ether oxygens (including phenoxy) is 2. The van der Waals surface area contributed by atoms with E-state index in [9.17, 15) is 0 Å².